The van der Waals surface area contributed by atoms with Gasteiger partial charge in [0, 0.05) is 0 Å². The van der Waals surface area contributed by atoms with Gasteiger partial charge in [0.25, 0.3) is 0 Å². The Bertz CT molecular complexity index is 216. The van der Waals surface area contributed by atoms with Gasteiger partial charge < -0.3 is 19.3 Å². The molecular formula is C15H30O4. The fraction of sp³-hybridized carbons (Fsp3) is 1.00. The summed E-state index contributed by atoms with van der Waals surface area (Å²) in [5.74, 6) is 0. The molecule has 3 unspecified atom stereocenters. The molecule has 1 N–H and O–H groups in total. The maximum absolute atomic E-state index is 8.86. The summed E-state index contributed by atoms with van der Waals surface area (Å²) in [6.45, 7) is 7.07. The van der Waals surface area contributed by atoms with Crippen molar-refractivity contribution in [2.45, 2.75) is 77.3 Å². The van der Waals surface area contributed by atoms with Crippen LogP contribution in [-0.2, 0) is 14.2 Å². The van der Waals surface area contributed by atoms with E-state index in [0.717, 1.165) is 0 Å². The predicted octanol–water partition coefficient (Wildman–Crippen LogP) is 2.53. The molecule has 0 bridgehead atoms. The summed E-state index contributed by atoms with van der Waals surface area (Å²) >= 11 is 0. The van der Waals surface area contributed by atoms with Crippen molar-refractivity contribution in [1.29, 1.82) is 0 Å². The Balaban J connectivity index is 2.06. The van der Waals surface area contributed by atoms with Crippen LogP contribution in [0.15, 0.2) is 0 Å². The van der Waals surface area contributed by atoms with Gasteiger partial charge in [-0.05, 0) is 33.6 Å². The minimum atomic E-state index is -0.123. The van der Waals surface area contributed by atoms with Gasteiger partial charge in [-0.15, -0.1) is 0 Å². The Labute approximate surface area is 117 Å². The van der Waals surface area contributed by atoms with Crippen molar-refractivity contribution in [2.24, 2.45) is 0 Å². The molecule has 1 aliphatic rings. The molecule has 0 aromatic rings. The molecule has 0 heterocycles. The van der Waals surface area contributed by atoms with E-state index in [1.165, 1.54) is 32.1 Å². The van der Waals surface area contributed by atoms with Crippen LogP contribution in [0.2, 0.25) is 0 Å². The lowest BCUT2D eigenvalue weighted by molar-refractivity contribution is -0.0947. The average Bonchev–Trinajstić information content (AvgIpc) is 2.43. The molecule has 0 aromatic carbocycles. The first-order valence-electron chi connectivity index (χ1n) is 7.61. The Morgan fingerprint density at radius 1 is 0.895 bits per heavy atom. The van der Waals surface area contributed by atoms with Gasteiger partial charge in [-0.1, -0.05) is 19.3 Å². The Morgan fingerprint density at radius 2 is 1.47 bits per heavy atom. The molecule has 0 aliphatic heterocycles. The smallest absolute Gasteiger partial charge is 0.0784 e. The molecule has 0 spiro atoms. The number of ether oxygens (including phenoxy) is 3. The zero-order valence-electron chi connectivity index (χ0n) is 12.6. The van der Waals surface area contributed by atoms with E-state index in [9.17, 15) is 0 Å². The number of hydrogen-bond donors (Lipinski definition) is 1. The summed E-state index contributed by atoms with van der Waals surface area (Å²) in [7, 11) is 0. The Kier molecular flexibility index (Phi) is 8.62. The van der Waals surface area contributed by atoms with Crippen molar-refractivity contribution in [1.82, 2.24) is 0 Å². The van der Waals surface area contributed by atoms with Crippen molar-refractivity contribution in [3.05, 3.63) is 0 Å². The van der Waals surface area contributed by atoms with E-state index in [0.29, 0.717) is 19.3 Å². The third kappa shape index (κ3) is 7.88. The fourth-order valence-corrected chi connectivity index (χ4v) is 2.27. The highest BCUT2D eigenvalue weighted by atomic mass is 16.6. The fourth-order valence-electron chi connectivity index (χ4n) is 2.27. The van der Waals surface area contributed by atoms with E-state index in [4.69, 9.17) is 19.3 Å². The van der Waals surface area contributed by atoms with Gasteiger partial charge in [-0.2, -0.15) is 0 Å². The largest absolute Gasteiger partial charge is 0.394 e. The van der Waals surface area contributed by atoms with Gasteiger partial charge in [0.05, 0.1) is 44.2 Å². The first-order valence-corrected chi connectivity index (χ1v) is 7.61. The number of aliphatic hydroxyl groups excluding tert-OH is 1. The van der Waals surface area contributed by atoms with E-state index >= 15 is 0 Å². The summed E-state index contributed by atoms with van der Waals surface area (Å²) < 4.78 is 17.1. The first-order chi connectivity index (χ1) is 9.11. The van der Waals surface area contributed by atoms with E-state index in [-0.39, 0.29) is 24.9 Å². The SMILES string of the molecule is CC(CO)OCC(C)OCC(C)OC1CCCCC1. The molecule has 0 aromatic heterocycles. The second-order valence-corrected chi connectivity index (χ2v) is 5.68. The van der Waals surface area contributed by atoms with Crippen molar-refractivity contribution in [3.8, 4) is 0 Å². The highest BCUT2D eigenvalue weighted by Crippen LogP contribution is 2.21. The molecule has 1 rings (SSSR count). The third-order valence-corrected chi connectivity index (χ3v) is 3.46. The molecule has 1 fully saturated rings. The zero-order valence-corrected chi connectivity index (χ0v) is 12.6. The second kappa shape index (κ2) is 9.70. The molecule has 114 valence electrons. The Morgan fingerprint density at radius 3 is 2.11 bits per heavy atom. The minimum absolute atomic E-state index is 0.0337. The Hall–Kier alpha value is -0.160. The van der Waals surface area contributed by atoms with Crippen molar-refractivity contribution in [2.75, 3.05) is 19.8 Å². The van der Waals surface area contributed by atoms with E-state index in [2.05, 4.69) is 6.92 Å². The van der Waals surface area contributed by atoms with Crippen LogP contribution in [-0.4, -0.2) is 49.3 Å². The summed E-state index contributed by atoms with van der Waals surface area (Å²) in [5.41, 5.74) is 0. The van der Waals surface area contributed by atoms with Crippen LogP contribution in [0.1, 0.15) is 52.9 Å². The van der Waals surface area contributed by atoms with Gasteiger partial charge in [-0.3, -0.25) is 0 Å². The summed E-state index contributed by atoms with van der Waals surface area (Å²) in [6, 6.07) is 0. The summed E-state index contributed by atoms with van der Waals surface area (Å²) in [4.78, 5) is 0. The molecule has 1 saturated carbocycles. The van der Waals surface area contributed by atoms with Crippen LogP contribution >= 0.6 is 0 Å². The monoisotopic (exact) mass is 274 g/mol. The molecule has 1 aliphatic carbocycles. The molecule has 4 nitrogen and oxygen atoms in total. The standard InChI is InChI=1S/C15H30O4/c1-12(9-16)17-10-13(2)18-11-14(3)19-15-7-5-4-6-8-15/h12-16H,4-11H2,1-3H3. The van der Waals surface area contributed by atoms with Crippen LogP contribution in [0.3, 0.4) is 0 Å². The van der Waals surface area contributed by atoms with Crippen LogP contribution in [0.5, 0.6) is 0 Å². The van der Waals surface area contributed by atoms with Crippen molar-refractivity contribution < 1.29 is 19.3 Å². The number of aliphatic hydroxyl groups is 1. The van der Waals surface area contributed by atoms with Gasteiger partial charge >= 0.3 is 0 Å². The van der Waals surface area contributed by atoms with Gasteiger partial charge in [0.15, 0.2) is 0 Å². The summed E-state index contributed by atoms with van der Waals surface area (Å²) in [5, 5.41) is 8.86. The highest BCUT2D eigenvalue weighted by Gasteiger charge is 2.17. The number of rotatable bonds is 9. The normalized spacial score (nSPS) is 22.1. The molecular weight excluding hydrogens is 244 g/mol. The van der Waals surface area contributed by atoms with E-state index in [1.807, 2.05) is 13.8 Å². The van der Waals surface area contributed by atoms with Crippen LogP contribution in [0.4, 0.5) is 0 Å². The van der Waals surface area contributed by atoms with Crippen molar-refractivity contribution >= 4 is 0 Å². The maximum Gasteiger partial charge on any atom is 0.0784 e. The average molecular weight is 274 g/mol. The predicted molar refractivity (Wildman–Crippen MR) is 75.3 cm³/mol. The maximum atomic E-state index is 8.86. The first kappa shape index (κ1) is 16.9. The molecule has 3 atom stereocenters. The minimum Gasteiger partial charge on any atom is -0.394 e. The molecule has 19 heavy (non-hydrogen) atoms. The highest BCUT2D eigenvalue weighted by molar-refractivity contribution is 4.67. The lowest BCUT2D eigenvalue weighted by Crippen LogP contribution is -2.29. The molecule has 0 saturated heterocycles. The number of hydrogen-bond acceptors (Lipinski definition) is 4. The van der Waals surface area contributed by atoms with Crippen molar-refractivity contribution in [3.63, 3.8) is 0 Å². The van der Waals surface area contributed by atoms with Gasteiger partial charge in [0.2, 0.25) is 0 Å². The second-order valence-electron chi connectivity index (χ2n) is 5.68. The lowest BCUT2D eigenvalue weighted by Gasteiger charge is -2.26. The quantitative estimate of drug-likeness (QED) is 0.702. The van der Waals surface area contributed by atoms with E-state index in [1.54, 1.807) is 0 Å². The topological polar surface area (TPSA) is 47.9 Å². The van der Waals surface area contributed by atoms with Gasteiger partial charge in [0.1, 0.15) is 0 Å². The zero-order chi connectivity index (χ0) is 14.1. The lowest BCUT2D eigenvalue weighted by atomic mass is 9.98. The van der Waals surface area contributed by atoms with E-state index < -0.39 is 0 Å². The molecule has 0 radical (unpaired) electrons. The van der Waals surface area contributed by atoms with Crippen LogP contribution < -0.4 is 0 Å². The molecule has 0 amide bonds. The van der Waals surface area contributed by atoms with Crippen LogP contribution in [0.25, 0.3) is 0 Å². The van der Waals surface area contributed by atoms with Crippen LogP contribution in [0, 0.1) is 0 Å². The van der Waals surface area contributed by atoms with Gasteiger partial charge in [-0.25, -0.2) is 0 Å². The molecule has 4 heteroatoms. The third-order valence-electron chi connectivity index (χ3n) is 3.46. The summed E-state index contributed by atoms with van der Waals surface area (Å²) in [6.07, 6.45) is 6.79.